The van der Waals surface area contributed by atoms with Crippen molar-refractivity contribution >= 4 is 28.9 Å². The van der Waals surface area contributed by atoms with E-state index < -0.39 is 11.0 Å². The van der Waals surface area contributed by atoms with Crippen molar-refractivity contribution < 1.29 is 19.2 Å². The van der Waals surface area contributed by atoms with Crippen molar-refractivity contribution in [1.29, 1.82) is 0 Å². The smallest absolute Gasteiger partial charge is 0.273 e. The lowest BCUT2D eigenvalue weighted by atomic mass is 10.1. The summed E-state index contributed by atoms with van der Waals surface area (Å²) in [5.41, 5.74) is 7.90. The van der Waals surface area contributed by atoms with Gasteiger partial charge in [0.1, 0.15) is 5.75 Å². The van der Waals surface area contributed by atoms with E-state index in [1.165, 1.54) is 18.2 Å². The average Bonchev–Trinajstić information content (AvgIpc) is 2.82. The van der Waals surface area contributed by atoms with Gasteiger partial charge in [-0.15, -0.1) is 0 Å². The Bertz CT molecular complexity index is 1190. The van der Waals surface area contributed by atoms with Crippen LogP contribution in [0.1, 0.15) is 17.5 Å². The summed E-state index contributed by atoms with van der Waals surface area (Å²) in [6.45, 7) is 1.07. The molecule has 0 bridgehead atoms. The monoisotopic (exact) mass is 481 g/mol. The van der Waals surface area contributed by atoms with Gasteiger partial charge in [0.25, 0.3) is 11.6 Å². The molecule has 1 aliphatic rings. The van der Waals surface area contributed by atoms with Gasteiger partial charge >= 0.3 is 0 Å². The molecule has 0 radical (unpaired) electrons. The number of nitro groups is 1. The predicted octanol–water partition coefficient (Wildman–Crippen LogP) is 4.51. The summed E-state index contributed by atoms with van der Waals surface area (Å²) in [6, 6.07) is 19.1. The first-order chi connectivity index (χ1) is 16.4. The summed E-state index contributed by atoms with van der Waals surface area (Å²) in [6.07, 6.45) is 0.223. The molecule has 4 rings (SSSR count). The molecule has 1 atom stereocenters. The van der Waals surface area contributed by atoms with Crippen LogP contribution in [0.3, 0.4) is 0 Å². The normalized spacial score (nSPS) is 14.9. The summed E-state index contributed by atoms with van der Waals surface area (Å²) in [4.78, 5) is 25.7. The Morgan fingerprint density at radius 1 is 1.09 bits per heavy atom. The summed E-state index contributed by atoms with van der Waals surface area (Å²) >= 11 is 6.11. The SMILES string of the molecule is NCCc1ccc(OCCC2Oc3cc([N+](=O)[O-])ccc3N(Cc3cccc(Cl)c3)C2=O)cc1. The van der Waals surface area contributed by atoms with Crippen LogP contribution in [0.15, 0.2) is 66.7 Å². The van der Waals surface area contributed by atoms with Gasteiger partial charge in [0, 0.05) is 17.5 Å². The Morgan fingerprint density at radius 2 is 1.88 bits per heavy atom. The van der Waals surface area contributed by atoms with Gasteiger partial charge in [-0.25, -0.2) is 0 Å². The van der Waals surface area contributed by atoms with E-state index in [0.717, 1.165) is 17.5 Å². The van der Waals surface area contributed by atoms with Gasteiger partial charge < -0.3 is 20.1 Å². The van der Waals surface area contributed by atoms with Crippen molar-refractivity contribution in [2.45, 2.75) is 25.5 Å². The van der Waals surface area contributed by atoms with Crippen molar-refractivity contribution in [3.8, 4) is 11.5 Å². The molecular formula is C25H24ClN3O5. The topological polar surface area (TPSA) is 108 Å². The minimum atomic E-state index is -0.842. The number of rotatable bonds is 9. The Hall–Kier alpha value is -3.62. The Morgan fingerprint density at radius 3 is 2.59 bits per heavy atom. The molecule has 3 aromatic carbocycles. The number of halogens is 1. The molecule has 1 aliphatic heterocycles. The summed E-state index contributed by atoms with van der Waals surface area (Å²) < 4.78 is 11.7. The van der Waals surface area contributed by atoms with Crippen molar-refractivity contribution in [1.82, 2.24) is 0 Å². The fraction of sp³-hybridized carbons (Fsp3) is 0.240. The number of nitrogens with two attached hydrogens (primary N) is 1. The molecule has 1 unspecified atom stereocenters. The Kier molecular flexibility index (Phi) is 7.30. The van der Waals surface area contributed by atoms with E-state index in [-0.39, 0.29) is 36.9 Å². The molecule has 8 nitrogen and oxygen atoms in total. The first-order valence-corrected chi connectivity index (χ1v) is 11.2. The van der Waals surface area contributed by atoms with Gasteiger partial charge in [-0.1, -0.05) is 35.9 Å². The van der Waals surface area contributed by atoms with Crippen molar-refractivity contribution in [3.63, 3.8) is 0 Å². The molecule has 3 aromatic rings. The van der Waals surface area contributed by atoms with Crippen LogP contribution in [0, 0.1) is 10.1 Å². The van der Waals surface area contributed by atoms with E-state index in [2.05, 4.69) is 0 Å². The molecule has 9 heteroatoms. The molecule has 176 valence electrons. The van der Waals surface area contributed by atoms with Gasteiger partial charge in [0.15, 0.2) is 11.9 Å². The highest BCUT2D eigenvalue weighted by atomic mass is 35.5. The van der Waals surface area contributed by atoms with Crippen molar-refractivity contribution in [2.24, 2.45) is 5.73 Å². The van der Waals surface area contributed by atoms with Crippen LogP contribution in [-0.4, -0.2) is 30.1 Å². The number of nitrogens with zero attached hydrogens (tertiary/aromatic N) is 2. The molecule has 0 saturated heterocycles. The minimum Gasteiger partial charge on any atom is -0.493 e. The van der Waals surface area contributed by atoms with Gasteiger partial charge in [-0.2, -0.15) is 0 Å². The molecule has 34 heavy (non-hydrogen) atoms. The second kappa shape index (κ2) is 10.5. The van der Waals surface area contributed by atoms with E-state index in [9.17, 15) is 14.9 Å². The number of hydrogen-bond acceptors (Lipinski definition) is 6. The molecule has 0 aliphatic carbocycles. The first kappa shape index (κ1) is 23.5. The minimum absolute atomic E-state index is 0.108. The number of non-ortho nitro benzene ring substituents is 1. The number of hydrogen-bond donors (Lipinski definition) is 1. The Labute approximate surface area is 202 Å². The highest BCUT2D eigenvalue weighted by Gasteiger charge is 2.35. The fourth-order valence-electron chi connectivity index (χ4n) is 3.80. The lowest BCUT2D eigenvalue weighted by molar-refractivity contribution is -0.384. The molecule has 1 amide bonds. The second-order valence-electron chi connectivity index (χ2n) is 7.89. The van der Waals surface area contributed by atoms with E-state index >= 15 is 0 Å². The molecule has 0 spiro atoms. The third-order valence-electron chi connectivity index (χ3n) is 5.49. The van der Waals surface area contributed by atoms with Crippen LogP contribution in [0.5, 0.6) is 11.5 Å². The van der Waals surface area contributed by atoms with E-state index in [0.29, 0.717) is 23.0 Å². The van der Waals surface area contributed by atoms with E-state index in [1.54, 1.807) is 17.0 Å². The number of ether oxygens (including phenoxy) is 2. The van der Waals surface area contributed by atoms with Crippen LogP contribution in [0.4, 0.5) is 11.4 Å². The zero-order valence-electron chi connectivity index (χ0n) is 18.4. The van der Waals surface area contributed by atoms with Crippen LogP contribution in [-0.2, 0) is 17.8 Å². The number of benzene rings is 3. The lowest BCUT2D eigenvalue weighted by Crippen LogP contribution is -2.46. The van der Waals surface area contributed by atoms with Gasteiger partial charge in [0.2, 0.25) is 0 Å². The molecule has 1 heterocycles. The van der Waals surface area contributed by atoms with Crippen molar-refractivity contribution in [3.05, 3.63) is 93.0 Å². The lowest BCUT2D eigenvalue weighted by Gasteiger charge is -2.34. The average molecular weight is 482 g/mol. The predicted molar refractivity (Wildman–Crippen MR) is 129 cm³/mol. The highest BCUT2D eigenvalue weighted by Crippen LogP contribution is 2.38. The molecule has 0 saturated carbocycles. The molecular weight excluding hydrogens is 458 g/mol. The van der Waals surface area contributed by atoms with Crippen LogP contribution in [0.25, 0.3) is 0 Å². The molecule has 0 fully saturated rings. The number of carbonyl (C=O) groups excluding carboxylic acids is 1. The third kappa shape index (κ3) is 5.47. The zero-order chi connectivity index (χ0) is 24.1. The molecule has 2 N–H and O–H groups in total. The maximum atomic E-state index is 13.3. The van der Waals surface area contributed by atoms with Gasteiger partial charge in [-0.3, -0.25) is 14.9 Å². The maximum Gasteiger partial charge on any atom is 0.273 e. The standard InChI is InChI=1S/C25H24ClN3O5/c26-19-3-1-2-18(14-19)16-28-22-9-6-20(29(31)32)15-24(22)34-23(25(28)30)11-13-33-21-7-4-17(5-8-21)10-12-27/h1-9,14-15,23H,10-13,16,27H2. The summed E-state index contributed by atoms with van der Waals surface area (Å²) in [5, 5.41) is 11.8. The third-order valence-corrected chi connectivity index (χ3v) is 5.73. The summed E-state index contributed by atoms with van der Waals surface area (Å²) in [5.74, 6) is 0.714. The van der Waals surface area contributed by atoms with Crippen LogP contribution in [0.2, 0.25) is 5.02 Å². The van der Waals surface area contributed by atoms with Crippen LogP contribution >= 0.6 is 11.6 Å². The number of carbonyl (C=O) groups is 1. The first-order valence-electron chi connectivity index (χ1n) is 10.9. The summed E-state index contributed by atoms with van der Waals surface area (Å²) in [7, 11) is 0. The number of nitro benzene ring substituents is 1. The van der Waals surface area contributed by atoms with Gasteiger partial charge in [0.05, 0.1) is 29.8 Å². The van der Waals surface area contributed by atoms with Crippen molar-refractivity contribution in [2.75, 3.05) is 18.1 Å². The number of anilines is 1. The number of amides is 1. The molecule has 0 aromatic heterocycles. The van der Waals surface area contributed by atoms with Gasteiger partial charge in [-0.05, 0) is 54.4 Å². The zero-order valence-corrected chi connectivity index (χ0v) is 19.1. The largest absolute Gasteiger partial charge is 0.493 e. The maximum absolute atomic E-state index is 13.3. The van der Waals surface area contributed by atoms with Crippen LogP contribution < -0.4 is 20.1 Å². The van der Waals surface area contributed by atoms with E-state index in [4.69, 9.17) is 26.8 Å². The second-order valence-corrected chi connectivity index (χ2v) is 8.33. The highest BCUT2D eigenvalue weighted by molar-refractivity contribution is 6.30. The quantitative estimate of drug-likeness (QED) is 0.356. The fourth-order valence-corrected chi connectivity index (χ4v) is 4.01. The van der Waals surface area contributed by atoms with E-state index in [1.807, 2.05) is 36.4 Å². The number of fused-ring (bicyclic) bond motifs is 1. The Balaban J connectivity index is 1.51.